The summed E-state index contributed by atoms with van der Waals surface area (Å²) in [4.78, 5) is 2.37. The fourth-order valence-corrected chi connectivity index (χ4v) is 1.82. The molecule has 2 aromatic carbocycles. The fraction of sp³-hybridized carbons (Fsp3) is 0.294. The third-order valence-corrected chi connectivity index (χ3v) is 3.01. The van der Waals surface area contributed by atoms with Crippen molar-refractivity contribution in [2.24, 2.45) is 0 Å². The van der Waals surface area contributed by atoms with Gasteiger partial charge in [0.25, 0.3) is 0 Å². The highest BCUT2D eigenvalue weighted by Gasteiger charge is 2.00. The Hall–Kier alpha value is -2.00. The first-order valence-electron chi connectivity index (χ1n) is 6.96. The van der Waals surface area contributed by atoms with Gasteiger partial charge in [0.05, 0.1) is 0 Å². The summed E-state index contributed by atoms with van der Waals surface area (Å²) in [6.45, 7) is 7.53. The van der Waals surface area contributed by atoms with Crippen molar-refractivity contribution < 1.29 is 5.11 Å². The van der Waals surface area contributed by atoms with Crippen molar-refractivity contribution in [2.75, 3.05) is 18.8 Å². The molecule has 3 nitrogen and oxygen atoms in total. The molecule has 0 aliphatic carbocycles. The molecule has 0 aliphatic rings. The summed E-state index contributed by atoms with van der Waals surface area (Å²) in [5.41, 5.74) is 7.85. The molecule has 3 heteroatoms. The number of anilines is 1. The lowest BCUT2D eigenvalue weighted by Crippen LogP contribution is -2.22. The summed E-state index contributed by atoms with van der Waals surface area (Å²) in [5.74, 6) is 0.322. The summed E-state index contributed by atoms with van der Waals surface area (Å²) in [6.07, 6.45) is 0. The Morgan fingerprint density at radius 1 is 0.950 bits per heavy atom. The van der Waals surface area contributed by atoms with Crippen LogP contribution in [0.2, 0.25) is 0 Å². The van der Waals surface area contributed by atoms with Gasteiger partial charge in [-0.15, -0.1) is 0 Å². The van der Waals surface area contributed by atoms with Crippen molar-refractivity contribution in [1.82, 2.24) is 4.90 Å². The van der Waals surface area contributed by atoms with E-state index < -0.39 is 0 Å². The molecule has 3 N–H and O–H groups in total. The zero-order chi connectivity index (χ0) is 14.8. The monoisotopic (exact) mass is 272 g/mol. The average molecular weight is 272 g/mol. The normalized spacial score (nSPS) is 9.95. The van der Waals surface area contributed by atoms with Crippen LogP contribution in [-0.4, -0.2) is 23.1 Å². The van der Waals surface area contributed by atoms with E-state index in [4.69, 9.17) is 10.8 Å². The Kier molecular flexibility index (Phi) is 7.22. The molecule has 0 bridgehead atoms. The highest BCUT2D eigenvalue weighted by atomic mass is 16.3. The Labute approximate surface area is 121 Å². The van der Waals surface area contributed by atoms with Gasteiger partial charge in [0.1, 0.15) is 5.75 Å². The summed E-state index contributed by atoms with van der Waals surface area (Å²) in [7, 11) is 0. The van der Waals surface area contributed by atoms with Crippen LogP contribution in [-0.2, 0) is 6.54 Å². The first-order valence-corrected chi connectivity index (χ1v) is 6.96. The first-order chi connectivity index (χ1) is 9.65. The van der Waals surface area contributed by atoms with Crippen molar-refractivity contribution >= 4 is 5.69 Å². The molecule has 0 amide bonds. The largest absolute Gasteiger partial charge is 0.508 e. The lowest BCUT2D eigenvalue weighted by molar-refractivity contribution is 0.296. The number of benzene rings is 2. The summed E-state index contributed by atoms with van der Waals surface area (Å²) in [5, 5.41) is 8.63. The number of rotatable bonds is 4. The zero-order valence-corrected chi connectivity index (χ0v) is 12.3. The van der Waals surface area contributed by atoms with Gasteiger partial charge in [-0.05, 0) is 42.9 Å². The van der Waals surface area contributed by atoms with Crippen LogP contribution in [0.1, 0.15) is 19.4 Å². The molecular weight excluding hydrogens is 248 g/mol. The Morgan fingerprint density at radius 2 is 1.60 bits per heavy atom. The van der Waals surface area contributed by atoms with Crippen molar-refractivity contribution in [3.05, 3.63) is 60.2 Å². The standard InChI is InChI=1S/C11H18N2.C6H6O/c1-3-13(4-2)9-10-6-5-7-11(12)8-10;7-6-4-2-1-3-5-6/h5-8H,3-4,9,12H2,1-2H3;1-5,7H. The molecule has 0 unspecified atom stereocenters. The van der Waals surface area contributed by atoms with E-state index in [9.17, 15) is 0 Å². The quantitative estimate of drug-likeness (QED) is 0.837. The second-order valence-corrected chi connectivity index (χ2v) is 4.54. The Bertz CT molecular complexity index is 481. The lowest BCUT2D eigenvalue weighted by Gasteiger charge is -2.17. The van der Waals surface area contributed by atoms with E-state index in [1.54, 1.807) is 24.3 Å². The molecule has 20 heavy (non-hydrogen) atoms. The number of nitrogens with zero attached hydrogens (tertiary/aromatic N) is 1. The lowest BCUT2D eigenvalue weighted by atomic mass is 10.2. The zero-order valence-electron chi connectivity index (χ0n) is 12.3. The van der Waals surface area contributed by atoms with Crippen LogP contribution in [0.3, 0.4) is 0 Å². The van der Waals surface area contributed by atoms with Gasteiger partial charge in [-0.2, -0.15) is 0 Å². The maximum absolute atomic E-state index is 8.63. The molecule has 0 fully saturated rings. The van der Waals surface area contributed by atoms with Crippen LogP contribution >= 0.6 is 0 Å². The van der Waals surface area contributed by atoms with E-state index >= 15 is 0 Å². The minimum Gasteiger partial charge on any atom is -0.508 e. The average Bonchev–Trinajstić information content (AvgIpc) is 2.46. The molecular formula is C17H24N2O. The smallest absolute Gasteiger partial charge is 0.115 e. The van der Waals surface area contributed by atoms with E-state index in [-0.39, 0.29) is 0 Å². The van der Waals surface area contributed by atoms with Gasteiger partial charge in [0.2, 0.25) is 0 Å². The number of phenolic OH excluding ortho intramolecular Hbond substituents is 1. The third-order valence-electron chi connectivity index (χ3n) is 3.01. The van der Waals surface area contributed by atoms with Crippen LogP contribution in [0, 0.1) is 0 Å². The molecule has 2 rings (SSSR count). The summed E-state index contributed by atoms with van der Waals surface area (Å²) >= 11 is 0. The Morgan fingerprint density at radius 3 is 2.05 bits per heavy atom. The van der Waals surface area contributed by atoms with Crippen LogP contribution in [0.4, 0.5) is 5.69 Å². The minimum absolute atomic E-state index is 0.322. The fourth-order valence-electron chi connectivity index (χ4n) is 1.82. The van der Waals surface area contributed by atoms with Crippen LogP contribution in [0.5, 0.6) is 5.75 Å². The van der Waals surface area contributed by atoms with E-state index in [1.807, 2.05) is 24.3 Å². The second-order valence-electron chi connectivity index (χ2n) is 4.54. The van der Waals surface area contributed by atoms with E-state index in [2.05, 4.69) is 24.8 Å². The van der Waals surface area contributed by atoms with Gasteiger partial charge in [0.15, 0.2) is 0 Å². The number of aromatic hydroxyl groups is 1. The number of phenols is 1. The molecule has 0 heterocycles. The van der Waals surface area contributed by atoms with Crippen LogP contribution in [0.15, 0.2) is 54.6 Å². The first kappa shape index (κ1) is 16.1. The van der Waals surface area contributed by atoms with E-state index in [0.717, 1.165) is 25.3 Å². The predicted octanol–water partition coefficient (Wildman–Crippen LogP) is 3.50. The molecule has 0 atom stereocenters. The van der Waals surface area contributed by atoms with Gasteiger partial charge in [0, 0.05) is 12.2 Å². The number of hydrogen-bond donors (Lipinski definition) is 2. The molecule has 0 aromatic heterocycles. The molecule has 0 spiro atoms. The maximum atomic E-state index is 8.63. The van der Waals surface area contributed by atoms with Gasteiger partial charge >= 0.3 is 0 Å². The van der Waals surface area contributed by atoms with E-state index in [1.165, 1.54) is 5.56 Å². The minimum atomic E-state index is 0.322. The van der Waals surface area contributed by atoms with Gasteiger partial charge in [-0.1, -0.05) is 44.2 Å². The molecule has 0 saturated heterocycles. The molecule has 2 aromatic rings. The van der Waals surface area contributed by atoms with Gasteiger partial charge in [-0.3, -0.25) is 4.90 Å². The molecule has 0 radical (unpaired) electrons. The van der Waals surface area contributed by atoms with Gasteiger partial charge < -0.3 is 10.8 Å². The number of nitrogens with two attached hydrogens (primary N) is 1. The van der Waals surface area contributed by atoms with Crippen LogP contribution in [0.25, 0.3) is 0 Å². The highest BCUT2D eigenvalue weighted by Crippen LogP contribution is 2.09. The summed E-state index contributed by atoms with van der Waals surface area (Å²) < 4.78 is 0. The molecule has 0 aliphatic heterocycles. The SMILES string of the molecule is CCN(CC)Cc1cccc(N)c1.Oc1ccccc1. The summed E-state index contributed by atoms with van der Waals surface area (Å²) in [6, 6.07) is 16.8. The molecule has 0 saturated carbocycles. The maximum Gasteiger partial charge on any atom is 0.115 e. The van der Waals surface area contributed by atoms with Crippen molar-refractivity contribution in [1.29, 1.82) is 0 Å². The van der Waals surface area contributed by atoms with Crippen molar-refractivity contribution in [3.8, 4) is 5.75 Å². The number of hydrogen-bond acceptors (Lipinski definition) is 3. The highest BCUT2D eigenvalue weighted by molar-refractivity contribution is 5.40. The number of para-hydroxylation sites is 1. The van der Waals surface area contributed by atoms with E-state index in [0.29, 0.717) is 5.75 Å². The predicted molar refractivity (Wildman–Crippen MR) is 85.6 cm³/mol. The van der Waals surface area contributed by atoms with Gasteiger partial charge in [-0.25, -0.2) is 0 Å². The molecule has 108 valence electrons. The third kappa shape index (κ3) is 6.25. The van der Waals surface area contributed by atoms with Crippen molar-refractivity contribution in [2.45, 2.75) is 20.4 Å². The second kappa shape index (κ2) is 8.99. The number of nitrogen functional groups attached to an aromatic ring is 1. The Balaban J connectivity index is 0.000000240. The van der Waals surface area contributed by atoms with Crippen molar-refractivity contribution in [3.63, 3.8) is 0 Å². The van der Waals surface area contributed by atoms with Crippen LogP contribution < -0.4 is 5.73 Å². The topological polar surface area (TPSA) is 49.5 Å².